The van der Waals surface area contributed by atoms with Gasteiger partial charge in [-0.25, -0.2) is 13.8 Å². The summed E-state index contributed by atoms with van der Waals surface area (Å²) in [7, 11) is 0. The van der Waals surface area contributed by atoms with Gasteiger partial charge in [0.15, 0.2) is 11.6 Å². The monoisotopic (exact) mass is 442 g/mol. The standard InChI is InChI=1S/C23H24F2N4OS/c1-16(22(30)26-18-7-8-20(24)21(25)13-18)29-11-9-28(10-12-29)14-19-15-31-23(27-19)17-5-3-2-4-6-17/h2-8,13,15-16H,9-12,14H2,1H3,(H,26,30)/t16-/m0/s1. The fraction of sp³-hybridized carbons (Fsp3) is 0.304. The quantitative estimate of drug-likeness (QED) is 0.621. The molecular weight excluding hydrogens is 418 g/mol. The van der Waals surface area contributed by atoms with Crippen LogP contribution >= 0.6 is 11.3 Å². The van der Waals surface area contributed by atoms with Crippen LogP contribution in [0.4, 0.5) is 14.5 Å². The number of rotatable bonds is 6. The third-order valence-electron chi connectivity index (χ3n) is 5.48. The summed E-state index contributed by atoms with van der Waals surface area (Å²) in [5.74, 6) is -2.14. The Kier molecular flexibility index (Phi) is 6.70. The topological polar surface area (TPSA) is 48.5 Å². The molecule has 0 bridgehead atoms. The highest BCUT2D eigenvalue weighted by Crippen LogP contribution is 2.24. The Balaban J connectivity index is 1.27. The molecule has 0 aliphatic carbocycles. The molecule has 8 heteroatoms. The first kappa shape index (κ1) is 21.5. The number of carbonyl (C=O) groups excluding carboxylic acids is 1. The van der Waals surface area contributed by atoms with E-state index in [2.05, 4.69) is 32.6 Å². The highest BCUT2D eigenvalue weighted by atomic mass is 32.1. The van der Waals surface area contributed by atoms with E-state index in [1.165, 1.54) is 6.07 Å². The number of nitrogens with one attached hydrogen (secondary N) is 1. The summed E-state index contributed by atoms with van der Waals surface area (Å²) in [4.78, 5) is 21.7. The second-order valence-electron chi connectivity index (χ2n) is 7.62. The predicted octanol–water partition coefficient (Wildman–Crippen LogP) is 4.23. The molecule has 0 unspecified atom stereocenters. The van der Waals surface area contributed by atoms with Gasteiger partial charge in [-0.3, -0.25) is 14.6 Å². The summed E-state index contributed by atoms with van der Waals surface area (Å²) in [5, 5.41) is 5.80. The first-order valence-corrected chi connectivity index (χ1v) is 11.1. The Labute approximate surface area is 184 Å². The van der Waals surface area contributed by atoms with Gasteiger partial charge in [0.1, 0.15) is 5.01 Å². The summed E-state index contributed by atoms with van der Waals surface area (Å²) in [6.07, 6.45) is 0. The van der Waals surface area contributed by atoms with Gasteiger partial charge in [-0.15, -0.1) is 11.3 Å². The summed E-state index contributed by atoms with van der Waals surface area (Å²) >= 11 is 1.65. The maximum absolute atomic E-state index is 13.4. The van der Waals surface area contributed by atoms with Crippen molar-refractivity contribution >= 4 is 22.9 Å². The van der Waals surface area contributed by atoms with Gasteiger partial charge < -0.3 is 5.32 Å². The average Bonchev–Trinajstić information content (AvgIpc) is 3.25. The molecule has 1 aromatic heterocycles. The predicted molar refractivity (Wildman–Crippen MR) is 119 cm³/mol. The van der Waals surface area contributed by atoms with E-state index in [0.717, 1.165) is 61.1 Å². The van der Waals surface area contributed by atoms with E-state index >= 15 is 0 Å². The third kappa shape index (κ3) is 5.33. The fourth-order valence-corrected chi connectivity index (χ4v) is 4.43. The minimum absolute atomic E-state index is 0.230. The van der Waals surface area contributed by atoms with Crippen molar-refractivity contribution in [1.82, 2.24) is 14.8 Å². The number of anilines is 1. The summed E-state index contributed by atoms with van der Waals surface area (Å²) in [6.45, 7) is 5.79. The molecular formula is C23H24F2N4OS. The number of amides is 1. The van der Waals surface area contributed by atoms with Crippen molar-refractivity contribution in [2.45, 2.75) is 19.5 Å². The van der Waals surface area contributed by atoms with Crippen LogP contribution in [-0.2, 0) is 11.3 Å². The van der Waals surface area contributed by atoms with Crippen LogP contribution in [0.5, 0.6) is 0 Å². The van der Waals surface area contributed by atoms with Crippen molar-refractivity contribution in [2.75, 3.05) is 31.5 Å². The Hall–Kier alpha value is -2.68. The Morgan fingerprint density at radius 2 is 1.84 bits per heavy atom. The van der Waals surface area contributed by atoms with Crippen LogP contribution in [0.3, 0.4) is 0 Å². The Morgan fingerprint density at radius 1 is 1.10 bits per heavy atom. The first-order valence-electron chi connectivity index (χ1n) is 10.2. The molecule has 0 radical (unpaired) electrons. The zero-order valence-corrected chi connectivity index (χ0v) is 18.0. The summed E-state index contributed by atoms with van der Waals surface area (Å²) in [6, 6.07) is 13.2. The van der Waals surface area contributed by atoms with Gasteiger partial charge in [0.2, 0.25) is 5.91 Å². The number of piperazine rings is 1. The van der Waals surface area contributed by atoms with Crippen LogP contribution in [0, 0.1) is 11.6 Å². The maximum Gasteiger partial charge on any atom is 0.241 e. The van der Waals surface area contributed by atoms with Crippen molar-refractivity contribution in [3.8, 4) is 10.6 Å². The van der Waals surface area contributed by atoms with E-state index in [4.69, 9.17) is 4.98 Å². The van der Waals surface area contributed by atoms with E-state index in [1.807, 2.05) is 25.1 Å². The number of aromatic nitrogens is 1. The van der Waals surface area contributed by atoms with Gasteiger partial charge in [0.05, 0.1) is 11.7 Å². The molecule has 1 aliphatic rings. The average molecular weight is 443 g/mol. The van der Waals surface area contributed by atoms with Crippen molar-refractivity contribution < 1.29 is 13.6 Å². The number of hydrogen-bond acceptors (Lipinski definition) is 5. The molecule has 1 atom stereocenters. The molecule has 2 heterocycles. The van der Waals surface area contributed by atoms with Gasteiger partial charge in [-0.2, -0.15) is 0 Å². The van der Waals surface area contributed by atoms with Gasteiger partial charge in [0, 0.05) is 55.4 Å². The molecule has 3 aromatic rings. The van der Waals surface area contributed by atoms with Gasteiger partial charge in [-0.1, -0.05) is 30.3 Å². The van der Waals surface area contributed by atoms with E-state index < -0.39 is 11.6 Å². The zero-order valence-electron chi connectivity index (χ0n) is 17.2. The molecule has 1 saturated heterocycles. The van der Waals surface area contributed by atoms with E-state index in [-0.39, 0.29) is 17.6 Å². The molecule has 2 aromatic carbocycles. The van der Waals surface area contributed by atoms with Crippen molar-refractivity contribution in [3.05, 3.63) is 71.2 Å². The highest BCUT2D eigenvalue weighted by molar-refractivity contribution is 7.13. The maximum atomic E-state index is 13.4. The number of carbonyl (C=O) groups is 1. The van der Waals surface area contributed by atoms with Crippen LogP contribution in [-0.4, -0.2) is 52.9 Å². The SMILES string of the molecule is C[C@@H](C(=O)Nc1ccc(F)c(F)c1)N1CCN(Cc2csc(-c3ccccc3)n2)CC1. The number of hydrogen-bond donors (Lipinski definition) is 1. The molecule has 1 aliphatic heterocycles. The molecule has 1 amide bonds. The van der Waals surface area contributed by atoms with Crippen LogP contribution in [0.1, 0.15) is 12.6 Å². The number of halogens is 2. The Morgan fingerprint density at radius 3 is 2.55 bits per heavy atom. The lowest BCUT2D eigenvalue weighted by atomic mass is 10.2. The van der Waals surface area contributed by atoms with Gasteiger partial charge in [-0.05, 0) is 19.1 Å². The largest absolute Gasteiger partial charge is 0.325 e. The fourth-order valence-electron chi connectivity index (χ4n) is 3.62. The highest BCUT2D eigenvalue weighted by Gasteiger charge is 2.26. The third-order valence-corrected chi connectivity index (χ3v) is 6.42. The molecule has 4 rings (SSSR count). The summed E-state index contributed by atoms with van der Waals surface area (Å²) < 4.78 is 26.4. The van der Waals surface area contributed by atoms with Crippen LogP contribution < -0.4 is 5.32 Å². The lowest BCUT2D eigenvalue weighted by Crippen LogP contribution is -2.52. The zero-order chi connectivity index (χ0) is 21.8. The first-order chi connectivity index (χ1) is 15.0. The minimum Gasteiger partial charge on any atom is -0.325 e. The smallest absolute Gasteiger partial charge is 0.241 e. The van der Waals surface area contributed by atoms with E-state index in [1.54, 1.807) is 11.3 Å². The molecule has 1 fully saturated rings. The molecule has 0 saturated carbocycles. The van der Waals surface area contributed by atoms with E-state index in [0.29, 0.717) is 0 Å². The number of benzene rings is 2. The molecule has 1 N–H and O–H groups in total. The van der Waals surface area contributed by atoms with Crippen LogP contribution in [0.2, 0.25) is 0 Å². The number of thiazole rings is 1. The van der Waals surface area contributed by atoms with Crippen LogP contribution in [0.15, 0.2) is 53.9 Å². The van der Waals surface area contributed by atoms with Gasteiger partial charge in [0.25, 0.3) is 0 Å². The molecule has 5 nitrogen and oxygen atoms in total. The molecule has 31 heavy (non-hydrogen) atoms. The molecule has 0 spiro atoms. The lowest BCUT2D eigenvalue weighted by Gasteiger charge is -2.37. The second-order valence-corrected chi connectivity index (χ2v) is 8.47. The minimum atomic E-state index is -0.975. The van der Waals surface area contributed by atoms with Crippen molar-refractivity contribution in [1.29, 1.82) is 0 Å². The van der Waals surface area contributed by atoms with E-state index in [9.17, 15) is 13.6 Å². The van der Waals surface area contributed by atoms with Crippen molar-refractivity contribution in [2.24, 2.45) is 0 Å². The van der Waals surface area contributed by atoms with Crippen LogP contribution in [0.25, 0.3) is 10.6 Å². The Bertz CT molecular complexity index is 1040. The second kappa shape index (κ2) is 9.64. The van der Waals surface area contributed by atoms with Crippen molar-refractivity contribution in [3.63, 3.8) is 0 Å². The molecule has 162 valence electrons. The number of nitrogens with zero attached hydrogens (tertiary/aromatic N) is 3. The lowest BCUT2D eigenvalue weighted by molar-refractivity contribution is -0.121. The normalized spacial score (nSPS) is 16.2. The summed E-state index contributed by atoms with van der Waals surface area (Å²) in [5.41, 5.74) is 2.44. The van der Waals surface area contributed by atoms with Gasteiger partial charge >= 0.3 is 0 Å².